The highest BCUT2D eigenvalue weighted by Gasteiger charge is 2.25. The molecule has 0 bridgehead atoms. The molecule has 1 aromatic heterocycles. The molecular formula is C18H21N5O4S. The van der Waals surface area contributed by atoms with Crippen LogP contribution in [0.1, 0.15) is 33.7 Å². The van der Waals surface area contributed by atoms with E-state index in [1.807, 2.05) is 0 Å². The van der Waals surface area contributed by atoms with Crippen LogP contribution >= 0.6 is 0 Å². The van der Waals surface area contributed by atoms with Crippen LogP contribution in [0.3, 0.4) is 0 Å². The molecular weight excluding hydrogens is 382 g/mol. The van der Waals surface area contributed by atoms with E-state index >= 15 is 0 Å². The Kier molecular flexibility index (Phi) is 5.88. The van der Waals surface area contributed by atoms with Crippen molar-refractivity contribution < 1.29 is 18.0 Å². The Morgan fingerprint density at radius 3 is 2.36 bits per heavy atom. The number of carbonyl (C=O) groups excluding carboxylic acids is 2. The van der Waals surface area contributed by atoms with Crippen molar-refractivity contribution in [3.05, 3.63) is 54.1 Å². The van der Waals surface area contributed by atoms with Gasteiger partial charge in [0.15, 0.2) is 0 Å². The fourth-order valence-corrected chi connectivity index (χ4v) is 3.54. The summed E-state index contributed by atoms with van der Waals surface area (Å²) in [5, 5.41) is 2.92. The molecule has 28 heavy (non-hydrogen) atoms. The molecule has 2 N–H and O–H groups in total. The van der Waals surface area contributed by atoms with Gasteiger partial charge in [-0.05, 0) is 37.1 Å². The number of rotatable bonds is 5. The fourth-order valence-electron chi connectivity index (χ4n) is 2.98. The first kappa shape index (κ1) is 19.7. The van der Waals surface area contributed by atoms with Crippen LogP contribution in [-0.4, -0.2) is 60.5 Å². The molecule has 2 amide bonds. The number of aromatic nitrogens is 2. The standard InChI is InChI=1S/C18H21N5O4S/c1-28(26,27)22-15-4-2-13(3-5-15)18(25)23-10-6-14(7-11-23)21-17(24)16-12-19-8-9-20-16/h2-5,8-9,12,14,22H,6-7,10-11H2,1H3,(H,21,24). The SMILES string of the molecule is CS(=O)(=O)Nc1ccc(C(=O)N2CCC(NC(=O)c3cnccn3)CC2)cc1. The van der Waals surface area contributed by atoms with Crippen LogP contribution in [0, 0.1) is 0 Å². The average Bonchev–Trinajstić information content (AvgIpc) is 2.68. The Morgan fingerprint density at radius 2 is 1.79 bits per heavy atom. The molecule has 2 heterocycles. The smallest absolute Gasteiger partial charge is 0.271 e. The van der Waals surface area contributed by atoms with Crippen molar-refractivity contribution in [2.75, 3.05) is 24.1 Å². The van der Waals surface area contributed by atoms with E-state index in [2.05, 4.69) is 20.0 Å². The Hall–Kier alpha value is -3.01. The second-order valence-corrected chi connectivity index (χ2v) is 8.33. The minimum absolute atomic E-state index is 0.0279. The number of nitrogens with zero attached hydrogens (tertiary/aromatic N) is 3. The van der Waals surface area contributed by atoms with Crippen LogP contribution in [0.15, 0.2) is 42.9 Å². The van der Waals surface area contributed by atoms with E-state index in [0.717, 1.165) is 6.26 Å². The van der Waals surface area contributed by atoms with Gasteiger partial charge in [-0.2, -0.15) is 0 Å². The Labute approximate surface area is 163 Å². The van der Waals surface area contributed by atoms with Gasteiger partial charge in [-0.15, -0.1) is 0 Å². The first-order chi connectivity index (χ1) is 13.3. The summed E-state index contributed by atoms with van der Waals surface area (Å²) >= 11 is 0. The van der Waals surface area contributed by atoms with E-state index in [9.17, 15) is 18.0 Å². The van der Waals surface area contributed by atoms with Gasteiger partial charge in [0, 0.05) is 42.8 Å². The predicted octanol–water partition coefficient (Wildman–Crippen LogP) is 0.883. The summed E-state index contributed by atoms with van der Waals surface area (Å²) in [5.74, 6) is -0.392. The van der Waals surface area contributed by atoms with E-state index in [-0.39, 0.29) is 23.6 Å². The maximum atomic E-state index is 12.6. The molecule has 1 aliphatic rings. The first-order valence-corrected chi connectivity index (χ1v) is 10.6. The third-order valence-electron chi connectivity index (χ3n) is 4.35. The topological polar surface area (TPSA) is 121 Å². The number of piperidine rings is 1. The van der Waals surface area contributed by atoms with Crippen molar-refractivity contribution in [2.45, 2.75) is 18.9 Å². The minimum atomic E-state index is -3.36. The average molecular weight is 403 g/mol. The van der Waals surface area contributed by atoms with Crippen LogP contribution in [-0.2, 0) is 10.0 Å². The fraction of sp³-hybridized carbons (Fsp3) is 0.333. The highest BCUT2D eigenvalue weighted by atomic mass is 32.2. The van der Waals surface area contributed by atoms with E-state index in [4.69, 9.17) is 0 Å². The quantitative estimate of drug-likeness (QED) is 0.764. The molecule has 9 nitrogen and oxygen atoms in total. The number of benzene rings is 1. The molecule has 1 aromatic carbocycles. The largest absolute Gasteiger partial charge is 0.348 e. The molecule has 0 aliphatic carbocycles. The van der Waals surface area contributed by atoms with E-state index in [1.54, 1.807) is 29.2 Å². The molecule has 0 spiro atoms. The van der Waals surface area contributed by atoms with Crippen LogP contribution in [0.2, 0.25) is 0 Å². The highest BCUT2D eigenvalue weighted by Crippen LogP contribution is 2.17. The zero-order valence-electron chi connectivity index (χ0n) is 15.3. The second-order valence-electron chi connectivity index (χ2n) is 6.58. The van der Waals surface area contributed by atoms with Crippen molar-refractivity contribution in [3.63, 3.8) is 0 Å². The number of carbonyl (C=O) groups is 2. The van der Waals surface area contributed by atoms with Crippen molar-refractivity contribution in [2.24, 2.45) is 0 Å². The van der Waals surface area contributed by atoms with Crippen LogP contribution in [0.4, 0.5) is 5.69 Å². The number of hydrogen-bond acceptors (Lipinski definition) is 6. The number of anilines is 1. The predicted molar refractivity (Wildman–Crippen MR) is 103 cm³/mol. The molecule has 0 unspecified atom stereocenters. The summed E-state index contributed by atoms with van der Waals surface area (Å²) in [4.78, 5) is 34.3. The van der Waals surface area contributed by atoms with Crippen LogP contribution in [0.5, 0.6) is 0 Å². The number of sulfonamides is 1. The van der Waals surface area contributed by atoms with E-state index in [1.165, 1.54) is 18.6 Å². The van der Waals surface area contributed by atoms with Gasteiger partial charge >= 0.3 is 0 Å². The third kappa shape index (κ3) is 5.26. The van der Waals surface area contributed by atoms with Gasteiger partial charge in [0.25, 0.3) is 11.8 Å². The van der Waals surface area contributed by atoms with Crippen molar-refractivity contribution in [1.82, 2.24) is 20.2 Å². The van der Waals surface area contributed by atoms with Gasteiger partial charge < -0.3 is 10.2 Å². The normalized spacial score (nSPS) is 15.1. The lowest BCUT2D eigenvalue weighted by molar-refractivity contribution is 0.0697. The molecule has 0 atom stereocenters. The van der Waals surface area contributed by atoms with Gasteiger partial charge in [-0.1, -0.05) is 0 Å². The van der Waals surface area contributed by atoms with E-state index in [0.29, 0.717) is 37.2 Å². The van der Waals surface area contributed by atoms with Gasteiger partial charge in [0.05, 0.1) is 12.5 Å². The molecule has 1 saturated heterocycles. The number of amides is 2. The summed E-state index contributed by atoms with van der Waals surface area (Å²) in [6.45, 7) is 1.04. The Bertz CT molecular complexity index is 940. The molecule has 0 radical (unpaired) electrons. The number of likely N-dealkylation sites (tertiary alicyclic amines) is 1. The van der Waals surface area contributed by atoms with Gasteiger partial charge in [-0.25, -0.2) is 13.4 Å². The van der Waals surface area contributed by atoms with Crippen molar-refractivity contribution >= 4 is 27.5 Å². The van der Waals surface area contributed by atoms with Gasteiger partial charge in [-0.3, -0.25) is 19.3 Å². The molecule has 10 heteroatoms. The monoisotopic (exact) mass is 403 g/mol. The van der Waals surface area contributed by atoms with Gasteiger partial charge in [0.1, 0.15) is 5.69 Å². The minimum Gasteiger partial charge on any atom is -0.348 e. The molecule has 0 saturated carbocycles. The molecule has 148 valence electrons. The van der Waals surface area contributed by atoms with Gasteiger partial charge in [0.2, 0.25) is 10.0 Å². The zero-order valence-corrected chi connectivity index (χ0v) is 16.1. The Balaban J connectivity index is 1.53. The summed E-state index contributed by atoms with van der Waals surface area (Å²) in [6.07, 6.45) is 6.74. The zero-order chi connectivity index (χ0) is 20.1. The molecule has 1 aliphatic heterocycles. The lowest BCUT2D eigenvalue weighted by Gasteiger charge is -2.32. The lowest BCUT2D eigenvalue weighted by atomic mass is 10.0. The van der Waals surface area contributed by atoms with Crippen molar-refractivity contribution in [3.8, 4) is 0 Å². The molecule has 1 fully saturated rings. The molecule has 3 rings (SSSR count). The number of hydrogen-bond donors (Lipinski definition) is 2. The maximum absolute atomic E-state index is 12.6. The van der Waals surface area contributed by atoms with Crippen LogP contribution in [0.25, 0.3) is 0 Å². The highest BCUT2D eigenvalue weighted by molar-refractivity contribution is 7.92. The summed E-state index contributed by atoms with van der Waals surface area (Å²) < 4.78 is 24.8. The first-order valence-electron chi connectivity index (χ1n) is 8.76. The lowest BCUT2D eigenvalue weighted by Crippen LogP contribution is -2.46. The maximum Gasteiger partial charge on any atom is 0.271 e. The van der Waals surface area contributed by atoms with E-state index < -0.39 is 10.0 Å². The second kappa shape index (κ2) is 8.34. The molecule has 2 aromatic rings. The number of nitrogens with one attached hydrogen (secondary N) is 2. The third-order valence-corrected chi connectivity index (χ3v) is 4.95. The van der Waals surface area contributed by atoms with Crippen LogP contribution < -0.4 is 10.0 Å². The van der Waals surface area contributed by atoms with Crippen molar-refractivity contribution in [1.29, 1.82) is 0 Å². The Morgan fingerprint density at radius 1 is 1.11 bits per heavy atom. The summed E-state index contributed by atoms with van der Waals surface area (Å²) in [7, 11) is -3.36. The summed E-state index contributed by atoms with van der Waals surface area (Å²) in [5.41, 5.74) is 1.16. The summed E-state index contributed by atoms with van der Waals surface area (Å²) in [6, 6.07) is 6.28.